The summed E-state index contributed by atoms with van der Waals surface area (Å²) in [5.41, 5.74) is 0. The van der Waals surface area contributed by atoms with E-state index in [-0.39, 0.29) is 0 Å². The maximum absolute atomic E-state index is 5.08. The van der Waals surface area contributed by atoms with Crippen molar-refractivity contribution in [3.05, 3.63) is 24.4 Å². The summed E-state index contributed by atoms with van der Waals surface area (Å²) < 4.78 is 5.08. The molecule has 1 fully saturated rings. The Morgan fingerprint density at radius 3 is 1.74 bits per heavy atom. The quantitative estimate of drug-likeness (QED) is 0.550. The highest BCUT2D eigenvalue weighted by atomic mass is 16.5. The van der Waals surface area contributed by atoms with Gasteiger partial charge in [0.05, 0.1) is 0 Å². The molecule has 0 amide bonds. The number of rotatable bonds is 5. The van der Waals surface area contributed by atoms with Crippen molar-refractivity contribution in [2.75, 3.05) is 51.3 Å². The lowest BCUT2D eigenvalue weighted by Crippen LogP contribution is -2.47. The maximum atomic E-state index is 5.08. The summed E-state index contributed by atoms with van der Waals surface area (Å²) in [5.74, 6) is 1.10. The van der Waals surface area contributed by atoms with Crippen molar-refractivity contribution in [2.45, 2.75) is 75.7 Å². The van der Waals surface area contributed by atoms with Crippen LogP contribution in [0.3, 0.4) is 0 Å². The predicted molar refractivity (Wildman–Crippen MR) is 126 cm³/mol. The molecule has 1 aromatic rings. The molecule has 1 aliphatic rings. The van der Waals surface area contributed by atoms with Crippen LogP contribution in [-0.2, 0) is 4.74 Å². The summed E-state index contributed by atoms with van der Waals surface area (Å²) in [4.78, 5) is 9.24. The second kappa shape index (κ2) is 32.5. The first-order valence-electron chi connectivity index (χ1n) is 11.3. The van der Waals surface area contributed by atoms with E-state index in [4.69, 9.17) is 4.74 Å². The highest BCUT2D eigenvalue weighted by Gasteiger charge is 2.16. The summed E-state index contributed by atoms with van der Waals surface area (Å²) in [7, 11) is 1.76. The zero-order valence-corrected chi connectivity index (χ0v) is 20.5. The molecule has 4 heteroatoms. The third-order valence-electron chi connectivity index (χ3n) is 3.17. The van der Waals surface area contributed by atoms with E-state index in [1.165, 1.54) is 0 Å². The van der Waals surface area contributed by atoms with E-state index in [1.807, 2.05) is 87.6 Å². The fraction of sp³-hybridized carbons (Fsp3) is 0.783. The third kappa shape index (κ3) is 19.4. The molecule has 4 nitrogen and oxygen atoms in total. The first kappa shape index (κ1) is 33.5. The fourth-order valence-electron chi connectivity index (χ4n) is 2.17. The van der Waals surface area contributed by atoms with Gasteiger partial charge in [0.2, 0.25) is 0 Å². The van der Waals surface area contributed by atoms with Crippen molar-refractivity contribution in [2.24, 2.45) is 0 Å². The molecule has 0 radical (unpaired) electrons. The number of hydrogen-bond acceptors (Lipinski definition) is 4. The molecular formula is C23H51N3O. The molecule has 1 aliphatic heterocycles. The molecule has 0 spiro atoms. The Balaban J connectivity index is -0.000000230. The standard InChI is InChI=1S/C13H21N3O.5C2H6/c1-17-12-4-7-15-8-10-16(11-9-15)13-5-2-3-6-14-13;5*1-2/h2-3,5-6H,4,7-12H2,1H3;5*1-2H3. The smallest absolute Gasteiger partial charge is 0.128 e. The van der Waals surface area contributed by atoms with Crippen LogP contribution in [0.1, 0.15) is 75.7 Å². The molecule has 0 N–H and O–H groups in total. The average Bonchev–Trinajstić information content (AvgIpc) is 2.82. The minimum Gasteiger partial charge on any atom is -0.385 e. The van der Waals surface area contributed by atoms with E-state index < -0.39 is 0 Å². The van der Waals surface area contributed by atoms with Gasteiger partial charge in [0.15, 0.2) is 0 Å². The number of methoxy groups -OCH3 is 1. The number of aromatic nitrogens is 1. The SMILES string of the molecule is CC.CC.CC.CC.CC.COCCCN1CCN(c2ccccn2)CC1. The zero-order chi connectivity index (χ0) is 21.9. The molecule has 0 saturated carbocycles. The Labute approximate surface area is 172 Å². The Morgan fingerprint density at radius 1 is 0.815 bits per heavy atom. The molecule has 2 rings (SSSR count). The zero-order valence-electron chi connectivity index (χ0n) is 20.5. The van der Waals surface area contributed by atoms with Gasteiger partial charge in [-0.3, -0.25) is 4.90 Å². The molecule has 27 heavy (non-hydrogen) atoms. The van der Waals surface area contributed by atoms with Crippen LogP contribution in [0.4, 0.5) is 5.82 Å². The van der Waals surface area contributed by atoms with E-state index in [2.05, 4.69) is 20.9 Å². The molecule has 164 valence electrons. The molecule has 0 bridgehead atoms. The van der Waals surface area contributed by atoms with Crippen LogP contribution in [0.15, 0.2) is 24.4 Å². The second-order valence-electron chi connectivity index (χ2n) is 4.36. The summed E-state index contributed by atoms with van der Waals surface area (Å²) in [6.45, 7) is 26.4. The first-order valence-corrected chi connectivity index (χ1v) is 11.3. The summed E-state index contributed by atoms with van der Waals surface area (Å²) in [6.07, 6.45) is 2.99. The van der Waals surface area contributed by atoms with Crippen LogP contribution in [0, 0.1) is 0 Å². The Morgan fingerprint density at radius 2 is 1.33 bits per heavy atom. The van der Waals surface area contributed by atoms with Gasteiger partial charge in [0, 0.05) is 52.6 Å². The normalized spacial score (nSPS) is 12.0. The monoisotopic (exact) mass is 385 g/mol. The van der Waals surface area contributed by atoms with Crippen LogP contribution in [-0.4, -0.2) is 56.3 Å². The lowest BCUT2D eigenvalue weighted by Gasteiger charge is -2.35. The van der Waals surface area contributed by atoms with Gasteiger partial charge in [-0.1, -0.05) is 75.3 Å². The van der Waals surface area contributed by atoms with Gasteiger partial charge >= 0.3 is 0 Å². The highest BCUT2D eigenvalue weighted by molar-refractivity contribution is 5.38. The van der Waals surface area contributed by atoms with Crippen molar-refractivity contribution < 1.29 is 4.74 Å². The van der Waals surface area contributed by atoms with E-state index in [0.717, 1.165) is 51.6 Å². The van der Waals surface area contributed by atoms with Gasteiger partial charge in [-0.15, -0.1) is 0 Å². The number of anilines is 1. The summed E-state index contributed by atoms with van der Waals surface area (Å²) in [6, 6.07) is 6.10. The second-order valence-corrected chi connectivity index (χ2v) is 4.36. The minimum absolute atomic E-state index is 0.862. The third-order valence-corrected chi connectivity index (χ3v) is 3.17. The van der Waals surface area contributed by atoms with Gasteiger partial charge in [0.1, 0.15) is 5.82 Å². The largest absolute Gasteiger partial charge is 0.385 e. The average molecular weight is 386 g/mol. The van der Waals surface area contributed by atoms with Gasteiger partial charge in [-0.25, -0.2) is 4.98 Å². The van der Waals surface area contributed by atoms with Crippen molar-refractivity contribution in [3.8, 4) is 0 Å². The number of nitrogens with zero attached hydrogens (tertiary/aromatic N) is 3. The van der Waals surface area contributed by atoms with E-state index in [1.54, 1.807) is 7.11 Å². The number of ether oxygens (including phenoxy) is 1. The van der Waals surface area contributed by atoms with Crippen molar-refractivity contribution in [1.29, 1.82) is 0 Å². The molecule has 1 aromatic heterocycles. The predicted octanol–water partition coefficient (Wildman–Crippen LogP) is 6.37. The van der Waals surface area contributed by atoms with Crippen molar-refractivity contribution in [1.82, 2.24) is 9.88 Å². The fourth-order valence-corrected chi connectivity index (χ4v) is 2.17. The van der Waals surface area contributed by atoms with Crippen LogP contribution in [0.2, 0.25) is 0 Å². The Kier molecular flexibility index (Phi) is 40.3. The van der Waals surface area contributed by atoms with Crippen LogP contribution in [0.25, 0.3) is 0 Å². The topological polar surface area (TPSA) is 28.6 Å². The molecule has 0 aliphatic carbocycles. The van der Waals surface area contributed by atoms with Gasteiger partial charge in [0.25, 0.3) is 0 Å². The number of hydrogen-bond donors (Lipinski definition) is 0. The van der Waals surface area contributed by atoms with Crippen LogP contribution < -0.4 is 4.90 Å². The molecule has 0 unspecified atom stereocenters. The van der Waals surface area contributed by atoms with E-state index in [9.17, 15) is 0 Å². The first-order chi connectivity index (χ1) is 13.4. The molecule has 0 atom stereocenters. The Bertz CT molecular complexity index is 313. The maximum Gasteiger partial charge on any atom is 0.128 e. The molecular weight excluding hydrogens is 334 g/mol. The van der Waals surface area contributed by atoms with Gasteiger partial charge in [-0.05, 0) is 18.6 Å². The van der Waals surface area contributed by atoms with Gasteiger partial charge < -0.3 is 9.64 Å². The van der Waals surface area contributed by atoms with Crippen LogP contribution >= 0.6 is 0 Å². The lowest BCUT2D eigenvalue weighted by atomic mass is 10.3. The van der Waals surface area contributed by atoms with Gasteiger partial charge in [-0.2, -0.15) is 0 Å². The summed E-state index contributed by atoms with van der Waals surface area (Å²) >= 11 is 0. The highest BCUT2D eigenvalue weighted by Crippen LogP contribution is 2.12. The number of pyridine rings is 1. The van der Waals surface area contributed by atoms with Crippen molar-refractivity contribution in [3.63, 3.8) is 0 Å². The van der Waals surface area contributed by atoms with Crippen LogP contribution in [0.5, 0.6) is 0 Å². The molecule has 0 aromatic carbocycles. The summed E-state index contributed by atoms with van der Waals surface area (Å²) in [5, 5.41) is 0. The number of piperazine rings is 1. The lowest BCUT2D eigenvalue weighted by molar-refractivity contribution is 0.169. The molecule has 2 heterocycles. The van der Waals surface area contributed by atoms with Crippen molar-refractivity contribution >= 4 is 5.82 Å². The Hall–Kier alpha value is -1.13. The molecule has 1 saturated heterocycles. The van der Waals surface area contributed by atoms with E-state index >= 15 is 0 Å². The minimum atomic E-state index is 0.862. The van der Waals surface area contributed by atoms with E-state index in [0.29, 0.717) is 0 Å².